The molecule has 0 aliphatic heterocycles. The number of benzene rings is 1. The van der Waals surface area contributed by atoms with Crippen LogP contribution < -0.4 is 0 Å². The van der Waals surface area contributed by atoms with Gasteiger partial charge in [-0.3, -0.25) is 4.79 Å². The largest absolute Gasteiger partial charge is 0.508 e. The number of hydrogen-bond donors (Lipinski definition) is 3. The number of carbonyl (C=O) groups is 1. The Morgan fingerprint density at radius 1 is 1.33 bits per heavy atom. The Kier molecular flexibility index (Phi) is 6.33. The van der Waals surface area contributed by atoms with E-state index in [0.717, 1.165) is 0 Å². The van der Waals surface area contributed by atoms with Gasteiger partial charge in [-0.15, -0.1) is 0 Å². The Balaban J connectivity index is 0.000000336. The monoisotopic (exact) mass is 212 g/mol. The summed E-state index contributed by atoms with van der Waals surface area (Å²) in [4.78, 5) is 10.7. The van der Waals surface area contributed by atoms with Gasteiger partial charge in [0.1, 0.15) is 5.75 Å². The minimum atomic E-state index is -0.560. The number of Topliss-reactive ketones (excluding diaryl/α,β-unsaturated/α-hetero) is 1. The second-order valence-corrected chi connectivity index (χ2v) is 3.13. The fourth-order valence-electron chi connectivity index (χ4n) is 0.696. The zero-order valence-electron chi connectivity index (χ0n) is 8.84. The molecule has 1 aromatic rings. The number of aromatic hydroxyl groups is 1. The molecule has 0 spiro atoms. The summed E-state index contributed by atoms with van der Waals surface area (Å²) in [7, 11) is 0. The summed E-state index contributed by atoms with van der Waals surface area (Å²) in [6.45, 7) is 2.88. The molecule has 1 rings (SSSR count). The van der Waals surface area contributed by atoms with Crippen LogP contribution in [0.1, 0.15) is 24.2 Å². The van der Waals surface area contributed by atoms with Gasteiger partial charge in [0.25, 0.3) is 0 Å². The molecule has 0 saturated heterocycles. The SMILES string of the molecule is CC(=O)c1ccc(O)cc1.CC(O)CO. The van der Waals surface area contributed by atoms with Crippen molar-refractivity contribution in [2.24, 2.45) is 0 Å². The molecule has 1 aromatic carbocycles. The lowest BCUT2D eigenvalue weighted by Gasteiger charge is -1.93. The van der Waals surface area contributed by atoms with Gasteiger partial charge in [0.05, 0.1) is 12.7 Å². The summed E-state index contributed by atoms with van der Waals surface area (Å²) in [5.74, 6) is 0.199. The molecule has 0 aliphatic carbocycles. The van der Waals surface area contributed by atoms with E-state index in [2.05, 4.69) is 0 Å². The second-order valence-electron chi connectivity index (χ2n) is 3.13. The molecule has 0 fully saturated rings. The highest BCUT2D eigenvalue weighted by Crippen LogP contribution is 2.09. The molecule has 0 amide bonds. The van der Waals surface area contributed by atoms with Crippen LogP contribution in [0.3, 0.4) is 0 Å². The van der Waals surface area contributed by atoms with Crippen molar-refractivity contribution in [1.29, 1.82) is 0 Å². The van der Waals surface area contributed by atoms with Crippen LogP contribution in [0.25, 0.3) is 0 Å². The van der Waals surface area contributed by atoms with Crippen molar-refractivity contribution in [3.05, 3.63) is 29.8 Å². The summed E-state index contributed by atoms with van der Waals surface area (Å²) >= 11 is 0. The second kappa shape index (κ2) is 6.98. The molecule has 0 aromatic heterocycles. The Labute approximate surface area is 88.8 Å². The lowest BCUT2D eigenvalue weighted by Crippen LogP contribution is -2.03. The summed E-state index contributed by atoms with van der Waals surface area (Å²) in [6, 6.07) is 6.18. The van der Waals surface area contributed by atoms with E-state index in [1.807, 2.05) is 0 Å². The van der Waals surface area contributed by atoms with E-state index in [0.29, 0.717) is 5.56 Å². The minimum absolute atomic E-state index is 0.0139. The van der Waals surface area contributed by atoms with Gasteiger partial charge >= 0.3 is 0 Å². The van der Waals surface area contributed by atoms with Crippen LogP contribution in [0, 0.1) is 0 Å². The smallest absolute Gasteiger partial charge is 0.159 e. The topological polar surface area (TPSA) is 77.8 Å². The predicted molar refractivity (Wildman–Crippen MR) is 56.9 cm³/mol. The van der Waals surface area contributed by atoms with E-state index >= 15 is 0 Å². The number of ketones is 1. The van der Waals surface area contributed by atoms with Gasteiger partial charge in [0.15, 0.2) is 5.78 Å². The molecular weight excluding hydrogens is 196 g/mol. The standard InChI is InChI=1S/C8H8O2.C3H8O2/c1-6(9)7-2-4-8(10)5-3-7;1-3(5)2-4/h2-5,10H,1H3;3-5H,2H2,1H3. The highest BCUT2D eigenvalue weighted by molar-refractivity contribution is 5.94. The van der Waals surface area contributed by atoms with Gasteiger partial charge in [-0.2, -0.15) is 0 Å². The van der Waals surface area contributed by atoms with Crippen molar-refractivity contribution in [3.63, 3.8) is 0 Å². The van der Waals surface area contributed by atoms with Gasteiger partial charge in [-0.1, -0.05) is 0 Å². The van der Waals surface area contributed by atoms with Crippen molar-refractivity contribution in [2.45, 2.75) is 20.0 Å². The Bertz CT molecular complexity index is 290. The molecule has 84 valence electrons. The van der Waals surface area contributed by atoms with Crippen LogP contribution in [-0.2, 0) is 0 Å². The third-order valence-electron chi connectivity index (χ3n) is 1.54. The van der Waals surface area contributed by atoms with Gasteiger partial charge in [-0.25, -0.2) is 0 Å². The van der Waals surface area contributed by atoms with E-state index in [1.54, 1.807) is 12.1 Å². The van der Waals surface area contributed by atoms with E-state index in [1.165, 1.54) is 26.0 Å². The van der Waals surface area contributed by atoms with E-state index in [9.17, 15) is 4.79 Å². The Morgan fingerprint density at radius 2 is 1.73 bits per heavy atom. The summed E-state index contributed by atoms with van der Waals surface area (Å²) in [6.07, 6.45) is -0.560. The average molecular weight is 212 g/mol. The van der Waals surface area contributed by atoms with Crippen molar-refractivity contribution >= 4 is 5.78 Å². The number of aliphatic hydroxyl groups excluding tert-OH is 2. The number of hydrogen-bond acceptors (Lipinski definition) is 4. The first-order valence-electron chi connectivity index (χ1n) is 4.56. The summed E-state index contributed by atoms with van der Waals surface area (Å²) in [5.41, 5.74) is 0.623. The minimum Gasteiger partial charge on any atom is -0.508 e. The van der Waals surface area contributed by atoms with E-state index in [4.69, 9.17) is 15.3 Å². The Morgan fingerprint density at radius 3 is 2.00 bits per heavy atom. The van der Waals surface area contributed by atoms with Crippen molar-refractivity contribution in [3.8, 4) is 5.75 Å². The highest BCUT2D eigenvalue weighted by atomic mass is 16.3. The van der Waals surface area contributed by atoms with Crippen molar-refractivity contribution in [2.75, 3.05) is 6.61 Å². The number of carbonyl (C=O) groups excluding carboxylic acids is 1. The third-order valence-corrected chi connectivity index (χ3v) is 1.54. The molecule has 4 heteroatoms. The first-order chi connectivity index (χ1) is 6.97. The molecule has 0 bridgehead atoms. The maximum absolute atomic E-state index is 10.7. The molecule has 4 nitrogen and oxygen atoms in total. The zero-order chi connectivity index (χ0) is 11.8. The molecule has 15 heavy (non-hydrogen) atoms. The van der Waals surface area contributed by atoms with Gasteiger partial charge in [-0.05, 0) is 38.1 Å². The number of aliphatic hydroxyl groups is 2. The third kappa shape index (κ3) is 6.65. The zero-order valence-corrected chi connectivity index (χ0v) is 8.84. The number of phenols is 1. The lowest BCUT2D eigenvalue weighted by atomic mass is 10.1. The fraction of sp³-hybridized carbons (Fsp3) is 0.364. The average Bonchev–Trinajstić information content (AvgIpc) is 2.19. The number of rotatable bonds is 2. The van der Waals surface area contributed by atoms with Crippen LogP contribution >= 0.6 is 0 Å². The van der Waals surface area contributed by atoms with Crippen molar-refractivity contribution in [1.82, 2.24) is 0 Å². The van der Waals surface area contributed by atoms with Gasteiger partial charge < -0.3 is 15.3 Å². The molecule has 3 N–H and O–H groups in total. The lowest BCUT2D eigenvalue weighted by molar-refractivity contribution is 0.101. The maximum Gasteiger partial charge on any atom is 0.159 e. The first-order valence-corrected chi connectivity index (χ1v) is 4.56. The van der Waals surface area contributed by atoms with E-state index < -0.39 is 6.10 Å². The van der Waals surface area contributed by atoms with Crippen LogP contribution in [0.4, 0.5) is 0 Å². The summed E-state index contributed by atoms with van der Waals surface area (Å²) in [5, 5.41) is 24.8. The Hall–Kier alpha value is -1.39. The normalized spacial score (nSPS) is 11.2. The maximum atomic E-state index is 10.7. The highest BCUT2D eigenvalue weighted by Gasteiger charge is 1.96. The van der Waals surface area contributed by atoms with Crippen LogP contribution in [-0.4, -0.2) is 33.8 Å². The molecule has 0 saturated carbocycles. The molecule has 0 radical (unpaired) electrons. The van der Waals surface area contributed by atoms with Crippen LogP contribution in [0.2, 0.25) is 0 Å². The predicted octanol–water partition coefficient (Wildman–Crippen LogP) is 0.954. The molecule has 0 heterocycles. The fourth-order valence-corrected chi connectivity index (χ4v) is 0.696. The quantitative estimate of drug-likeness (QED) is 0.638. The van der Waals surface area contributed by atoms with Crippen LogP contribution in [0.15, 0.2) is 24.3 Å². The molecule has 1 unspecified atom stereocenters. The van der Waals surface area contributed by atoms with Crippen LogP contribution in [0.5, 0.6) is 5.75 Å². The van der Waals surface area contributed by atoms with Gasteiger partial charge in [0.2, 0.25) is 0 Å². The van der Waals surface area contributed by atoms with E-state index in [-0.39, 0.29) is 18.1 Å². The molecule has 0 aliphatic rings. The number of phenolic OH excluding ortho intramolecular Hbond substituents is 1. The van der Waals surface area contributed by atoms with Crippen molar-refractivity contribution < 1.29 is 20.1 Å². The summed E-state index contributed by atoms with van der Waals surface area (Å²) < 4.78 is 0. The molecule has 1 atom stereocenters. The molecular formula is C11H16O4. The first kappa shape index (κ1) is 13.6. The van der Waals surface area contributed by atoms with Gasteiger partial charge in [0, 0.05) is 5.56 Å².